The molecular weight excluding hydrogens is 182 g/mol. The second kappa shape index (κ2) is 4.33. The van der Waals surface area contributed by atoms with Crippen molar-refractivity contribution in [3.8, 4) is 0 Å². The van der Waals surface area contributed by atoms with Gasteiger partial charge in [-0.25, -0.2) is 0 Å². The molecule has 0 spiro atoms. The molecule has 0 fully saturated rings. The molecule has 0 aromatic rings. The van der Waals surface area contributed by atoms with Crippen molar-refractivity contribution < 1.29 is 3.83 Å². The van der Waals surface area contributed by atoms with Crippen LogP contribution in [-0.2, 0) is 3.83 Å². The minimum atomic E-state index is -1.55. The van der Waals surface area contributed by atoms with Gasteiger partial charge < -0.3 is 0 Å². The van der Waals surface area contributed by atoms with E-state index in [0.717, 1.165) is 0 Å². The van der Waals surface area contributed by atoms with Gasteiger partial charge in [0, 0.05) is 0 Å². The van der Waals surface area contributed by atoms with E-state index in [1.54, 1.807) is 9.95 Å². The van der Waals surface area contributed by atoms with Crippen LogP contribution in [0.5, 0.6) is 0 Å². The predicted molar refractivity (Wildman–Crippen MR) is 31.9 cm³/mol. The number of rotatable bonds is 0. The first-order valence-electron chi connectivity index (χ1n) is 1.64. The summed E-state index contributed by atoms with van der Waals surface area (Å²) in [5.41, 5.74) is 0. The van der Waals surface area contributed by atoms with Gasteiger partial charge in [0.15, 0.2) is 0 Å². The van der Waals surface area contributed by atoms with Crippen molar-refractivity contribution in [2.75, 3.05) is 0 Å². The van der Waals surface area contributed by atoms with Gasteiger partial charge in [-0.2, -0.15) is 0 Å². The average molecular weight is 187 g/mol. The average Bonchev–Trinajstić information content (AvgIpc) is 1.86. The molecule has 0 atom stereocenters. The van der Waals surface area contributed by atoms with Crippen molar-refractivity contribution in [1.82, 2.24) is 0 Å². The van der Waals surface area contributed by atoms with Crippen molar-refractivity contribution in [1.29, 1.82) is 0 Å². The van der Waals surface area contributed by atoms with Crippen LogP contribution >= 0.6 is 0 Å². The molecule has 34 valence electrons. The molecule has 0 aliphatic carbocycles. The third kappa shape index (κ3) is 3.09. The molecule has 0 radical (unpaired) electrons. The van der Waals surface area contributed by atoms with Crippen LogP contribution in [0.3, 0.4) is 0 Å². The Hall–Kier alpha value is 1.44. The molecule has 3 heteroatoms. The van der Waals surface area contributed by atoms with E-state index in [-0.39, 0.29) is 51.4 Å². The molecule has 0 saturated heterocycles. The molecule has 1 rings (SSSR count). The van der Waals surface area contributed by atoms with Crippen LogP contribution in [-0.4, -0.2) is 65.2 Å². The zero-order chi connectivity index (χ0) is 4.41. The standard InChI is InChI=1S/C4H4OSe.K.H/c5-6-3-1-2-4-6;;/h1-4H;;. The molecular formula is C4H5KOSe. The Morgan fingerprint density at radius 1 is 1.14 bits per heavy atom. The van der Waals surface area contributed by atoms with E-state index < -0.39 is 13.8 Å². The Balaban J connectivity index is 0.000000360. The van der Waals surface area contributed by atoms with Gasteiger partial charge in [0.2, 0.25) is 0 Å². The molecule has 1 aliphatic heterocycles. The van der Waals surface area contributed by atoms with E-state index in [1.807, 2.05) is 12.2 Å². The van der Waals surface area contributed by atoms with Crippen LogP contribution in [0.4, 0.5) is 0 Å². The summed E-state index contributed by atoms with van der Waals surface area (Å²) in [6, 6.07) is 0. The van der Waals surface area contributed by atoms with Crippen molar-refractivity contribution >= 4 is 65.2 Å². The Morgan fingerprint density at radius 2 is 1.57 bits per heavy atom. The van der Waals surface area contributed by atoms with Gasteiger partial charge in [0.1, 0.15) is 0 Å². The second-order valence-corrected chi connectivity index (χ2v) is 3.51. The van der Waals surface area contributed by atoms with E-state index in [9.17, 15) is 3.83 Å². The first-order valence-corrected chi connectivity index (χ1v) is 4.32. The van der Waals surface area contributed by atoms with Crippen molar-refractivity contribution in [3.63, 3.8) is 0 Å². The number of hydrogen-bond donors (Lipinski definition) is 0. The molecule has 0 unspecified atom stereocenters. The van der Waals surface area contributed by atoms with E-state index in [1.165, 1.54) is 0 Å². The monoisotopic (exact) mass is 188 g/mol. The van der Waals surface area contributed by atoms with Crippen LogP contribution in [0.2, 0.25) is 0 Å². The third-order valence-electron chi connectivity index (χ3n) is 0.536. The van der Waals surface area contributed by atoms with Gasteiger partial charge in [-0.05, 0) is 0 Å². The van der Waals surface area contributed by atoms with Crippen molar-refractivity contribution in [2.24, 2.45) is 0 Å². The van der Waals surface area contributed by atoms with E-state index in [2.05, 4.69) is 0 Å². The summed E-state index contributed by atoms with van der Waals surface area (Å²) in [5.74, 6) is 0. The van der Waals surface area contributed by atoms with E-state index >= 15 is 0 Å². The first-order chi connectivity index (χ1) is 2.89. The summed E-state index contributed by atoms with van der Waals surface area (Å²) in [4.78, 5) is 3.47. The van der Waals surface area contributed by atoms with Crippen LogP contribution in [0, 0.1) is 0 Å². The number of allylic oxidation sites excluding steroid dienone is 2. The molecule has 1 nitrogen and oxygen atoms in total. The zero-order valence-electron chi connectivity index (χ0n) is 3.13. The minimum absolute atomic E-state index is 0. The molecule has 1 heterocycles. The first kappa shape index (κ1) is 8.44. The fraction of sp³-hybridized carbons (Fsp3) is 0. The fourth-order valence-electron chi connectivity index (χ4n) is 0.291. The van der Waals surface area contributed by atoms with Crippen LogP contribution < -0.4 is 0 Å². The second-order valence-electron chi connectivity index (χ2n) is 0.986. The predicted octanol–water partition coefficient (Wildman–Crippen LogP) is -0.0357. The van der Waals surface area contributed by atoms with E-state index in [0.29, 0.717) is 0 Å². The maximum absolute atomic E-state index is 10.3. The molecule has 1 aliphatic rings. The van der Waals surface area contributed by atoms with Crippen LogP contribution in [0.1, 0.15) is 0 Å². The van der Waals surface area contributed by atoms with Crippen molar-refractivity contribution in [3.05, 3.63) is 22.1 Å². The van der Waals surface area contributed by atoms with Gasteiger partial charge in [-0.1, -0.05) is 0 Å². The molecule has 7 heavy (non-hydrogen) atoms. The summed E-state index contributed by atoms with van der Waals surface area (Å²) in [7, 11) is 0. The van der Waals surface area contributed by atoms with Gasteiger partial charge in [0.05, 0.1) is 0 Å². The number of hydrogen-bond acceptors (Lipinski definition) is 1. The molecule has 0 amide bonds. The molecule has 0 bridgehead atoms. The van der Waals surface area contributed by atoms with Crippen LogP contribution in [0.15, 0.2) is 22.1 Å². The zero-order valence-corrected chi connectivity index (χ0v) is 4.84. The molecule has 0 aromatic heterocycles. The summed E-state index contributed by atoms with van der Waals surface area (Å²) in [6.45, 7) is 0. The molecule has 0 N–H and O–H groups in total. The van der Waals surface area contributed by atoms with Gasteiger partial charge in [-0.15, -0.1) is 0 Å². The Bertz CT molecular complexity index is 114. The topological polar surface area (TPSA) is 17.1 Å². The summed E-state index contributed by atoms with van der Waals surface area (Å²) in [5, 5.41) is 0. The third-order valence-corrected chi connectivity index (χ3v) is 2.32. The normalized spacial score (nSPS) is 17.1. The van der Waals surface area contributed by atoms with Crippen LogP contribution in [0.25, 0.3) is 0 Å². The Morgan fingerprint density at radius 3 is 1.71 bits per heavy atom. The van der Waals surface area contributed by atoms with Gasteiger partial charge in [0.25, 0.3) is 0 Å². The molecule has 0 aromatic carbocycles. The summed E-state index contributed by atoms with van der Waals surface area (Å²) < 4.78 is 10.3. The quantitative estimate of drug-likeness (QED) is 0.486. The maximum atomic E-state index is 10.3. The van der Waals surface area contributed by atoms with Gasteiger partial charge in [-0.3, -0.25) is 0 Å². The van der Waals surface area contributed by atoms with Crippen molar-refractivity contribution in [2.45, 2.75) is 0 Å². The summed E-state index contributed by atoms with van der Waals surface area (Å²) in [6.07, 6.45) is 3.63. The fourth-order valence-corrected chi connectivity index (χ4v) is 1.51. The summed E-state index contributed by atoms with van der Waals surface area (Å²) >= 11 is -1.55. The van der Waals surface area contributed by atoms with Gasteiger partial charge >= 0.3 is 91.2 Å². The Kier molecular flexibility index (Phi) is 5.22. The molecule has 0 saturated carbocycles. The van der Waals surface area contributed by atoms with E-state index in [4.69, 9.17) is 0 Å². The SMILES string of the molecule is O=[Se]1C=CC=C1.[KH]. The Labute approximate surface area is 89.4 Å².